The maximum absolute atomic E-state index is 11.7. The number of carbonyl (C=O) groups excluding carboxylic acids is 2. The third kappa shape index (κ3) is 0.880. The summed E-state index contributed by atoms with van der Waals surface area (Å²) >= 11 is 0. The first-order valence-corrected chi connectivity index (χ1v) is 4.86. The first kappa shape index (κ1) is 10.4. The predicted molar refractivity (Wildman–Crippen MR) is 52.2 cm³/mol. The number of carbonyl (C=O) groups is 2. The minimum atomic E-state index is -1.54. The second-order valence-electron chi connectivity index (χ2n) is 4.25. The van der Waals surface area contributed by atoms with E-state index in [0.29, 0.717) is 0 Å². The number of allylic oxidation sites excluding steroid dienone is 2. The number of amides is 2. The fourth-order valence-corrected chi connectivity index (χ4v) is 2.40. The molecule has 2 atom stereocenters. The molecule has 0 aromatic rings. The summed E-state index contributed by atoms with van der Waals surface area (Å²) < 4.78 is 0. The molecule has 5 heteroatoms. The molecule has 0 aromatic heterocycles. The van der Waals surface area contributed by atoms with Gasteiger partial charge in [0.25, 0.3) is 0 Å². The Hall–Kier alpha value is -2.14. The first-order chi connectivity index (χ1) is 7.52. The summed E-state index contributed by atoms with van der Waals surface area (Å²) in [5.74, 6) is -1.29. The fourth-order valence-electron chi connectivity index (χ4n) is 2.40. The van der Waals surface area contributed by atoms with Gasteiger partial charge in [0.15, 0.2) is 10.8 Å². The van der Waals surface area contributed by atoms with Crippen molar-refractivity contribution >= 4 is 11.8 Å². The molecule has 1 N–H and O–H groups in total. The molecule has 0 unspecified atom stereocenters. The van der Waals surface area contributed by atoms with Gasteiger partial charge in [-0.25, -0.2) is 0 Å². The Kier molecular flexibility index (Phi) is 1.90. The van der Waals surface area contributed by atoms with Crippen molar-refractivity contribution < 1.29 is 9.59 Å². The lowest BCUT2D eigenvalue weighted by molar-refractivity contribution is -0.127. The van der Waals surface area contributed by atoms with Gasteiger partial charge in [0.1, 0.15) is 0 Å². The van der Waals surface area contributed by atoms with Crippen LogP contribution >= 0.6 is 0 Å². The Morgan fingerprint density at radius 3 is 2.38 bits per heavy atom. The summed E-state index contributed by atoms with van der Waals surface area (Å²) in [5.41, 5.74) is -2.23. The summed E-state index contributed by atoms with van der Waals surface area (Å²) in [5, 5.41) is 20.5. The topological polar surface area (TPSA) is 93.8 Å². The monoisotopic (exact) mass is 215 g/mol. The second-order valence-corrected chi connectivity index (χ2v) is 4.25. The van der Waals surface area contributed by atoms with Crippen LogP contribution in [0.4, 0.5) is 0 Å². The largest absolute Gasteiger partial charge is 0.294 e. The average molecular weight is 215 g/mol. The van der Waals surface area contributed by atoms with E-state index in [4.69, 9.17) is 0 Å². The number of imide groups is 1. The van der Waals surface area contributed by atoms with Gasteiger partial charge in [0.05, 0.1) is 12.1 Å². The molecule has 2 rings (SSSR count). The molecule has 80 valence electrons. The van der Waals surface area contributed by atoms with Gasteiger partial charge < -0.3 is 0 Å². The van der Waals surface area contributed by atoms with Crippen molar-refractivity contribution in [2.45, 2.75) is 19.8 Å². The van der Waals surface area contributed by atoms with E-state index in [-0.39, 0.29) is 12.8 Å². The van der Waals surface area contributed by atoms with Gasteiger partial charge in [0.2, 0.25) is 11.8 Å². The van der Waals surface area contributed by atoms with Crippen LogP contribution in [0, 0.1) is 33.5 Å². The Labute approximate surface area is 92.3 Å². The van der Waals surface area contributed by atoms with E-state index in [1.165, 1.54) is 0 Å². The molecule has 5 nitrogen and oxygen atoms in total. The molecule has 1 aliphatic heterocycles. The molecule has 1 aliphatic carbocycles. The van der Waals surface area contributed by atoms with Crippen LogP contribution in [0.2, 0.25) is 0 Å². The van der Waals surface area contributed by atoms with Gasteiger partial charge >= 0.3 is 0 Å². The van der Waals surface area contributed by atoms with Gasteiger partial charge in [-0.3, -0.25) is 14.9 Å². The summed E-state index contributed by atoms with van der Waals surface area (Å²) in [6.07, 6.45) is 2.02. The molecule has 1 fully saturated rings. The molecule has 2 aliphatic rings. The van der Waals surface area contributed by atoms with E-state index < -0.39 is 22.6 Å². The molecule has 1 saturated heterocycles. The highest BCUT2D eigenvalue weighted by atomic mass is 16.2. The normalized spacial score (nSPS) is 36.8. The highest BCUT2D eigenvalue weighted by Gasteiger charge is 2.68. The van der Waals surface area contributed by atoms with E-state index in [9.17, 15) is 20.1 Å². The minimum absolute atomic E-state index is 0.125. The van der Waals surface area contributed by atoms with E-state index in [1.54, 1.807) is 13.0 Å². The van der Waals surface area contributed by atoms with Crippen LogP contribution in [0.15, 0.2) is 11.6 Å². The van der Waals surface area contributed by atoms with Crippen molar-refractivity contribution in [3.05, 3.63) is 11.6 Å². The van der Waals surface area contributed by atoms with E-state index in [1.807, 2.05) is 12.1 Å². The molecule has 16 heavy (non-hydrogen) atoms. The zero-order valence-electron chi connectivity index (χ0n) is 8.70. The van der Waals surface area contributed by atoms with Crippen molar-refractivity contribution in [2.75, 3.05) is 0 Å². The standard InChI is InChI=1S/C11H9N3O2/c1-7-2-3-10(5-12)8(15)14-9(16)11(10,4-7)6-13/h2H,3-4H2,1H3,(H,14,15,16)/t10-,11+/m1/s1. The Morgan fingerprint density at radius 2 is 1.81 bits per heavy atom. The lowest BCUT2D eigenvalue weighted by Crippen LogP contribution is -2.44. The smallest absolute Gasteiger partial charge is 0.249 e. The minimum Gasteiger partial charge on any atom is -0.294 e. The Morgan fingerprint density at radius 1 is 1.25 bits per heavy atom. The van der Waals surface area contributed by atoms with Crippen molar-refractivity contribution in [2.24, 2.45) is 10.8 Å². The van der Waals surface area contributed by atoms with Gasteiger partial charge in [-0.1, -0.05) is 11.6 Å². The maximum atomic E-state index is 11.7. The summed E-state index contributed by atoms with van der Waals surface area (Å²) in [4.78, 5) is 23.5. The molecule has 2 amide bonds. The van der Waals surface area contributed by atoms with Crippen LogP contribution < -0.4 is 5.32 Å². The number of nitrogens with one attached hydrogen (secondary N) is 1. The molecule has 1 heterocycles. The van der Waals surface area contributed by atoms with Gasteiger partial charge in [0, 0.05) is 0 Å². The number of fused-ring (bicyclic) bond motifs is 1. The lowest BCUT2D eigenvalue weighted by Gasteiger charge is -2.34. The maximum Gasteiger partial charge on any atom is 0.249 e. The SMILES string of the molecule is CC1=CC[C@@]2(C#N)C(=O)NC(=O)[C@@]2(C#N)C1. The molecule has 0 aromatic carbocycles. The van der Waals surface area contributed by atoms with Crippen LogP contribution in [0.1, 0.15) is 19.8 Å². The van der Waals surface area contributed by atoms with Crippen LogP contribution in [-0.2, 0) is 9.59 Å². The Balaban J connectivity index is 2.71. The average Bonchev–Trinajstić information content (AvgIpc) is 2.48. The van der Waals surface area contributed by atoms with Gasteiger partial charge in [-0.05, 0) is 19.8 Å². The van der Waals surface area contributed by atoms with Gasteiger partial charge in [-0.2, -0.15) is 10.5 Å². The third-order valence-electron chi connectivity index (χ3n) is 3.41. The van der Waals surface area contributed by atoms with Gasteiger partial charge in [-0.15, -0.1) is 0 Å². The number of rotatable bonds is 0. The fraction of sp³-hybridized carbons (Fsp3) is 0.455. The van der Waals surface area contributed by atoms with E-state index in [0.717, 1.165) is 5.57 Å². The zero-order valence-corrected chi connectivity index (χ0v) is 8.70. The lowest BCUT2D eigenvalue weighted by atomic mass is 9.59. The molecule has 0 saturated carbocycles. The number of hydrogen-bond donors (Lipinski definition) is 1. The van der Waals surface area contributed by atoms with Crippen molar-refractivity contribution in [1.29, 1.82) is 10.5 Å². The second kappa shape index (κ2) is 2.93. The quantitative estimate of drug-likeness (QED) is 0.467. The number of nitriles is 2. The molecular formula is C11H9N3O2. The summed E-state index contributed by atoms with van der Waals surface area (Å²) in [7, 11) is 0. The molecule has 0 radical (unpaired) electrons. The van der Waals surface area contributed by atoms with Crippen molar-refractivity contribution in [1.82, 2.24) is 5.32 Å². The van der Waals surface area contributed by atoms with Crippen molar-refractivity contribution in [3.8, 4) is 12.1 Å². The highest BCUT2D eigenvalue weighted by Crippen LogP contribution is 2.53. The molecule has 0 spiro atoms. The van der Waals surface area contributed by atoms with Crippen molar-refractivity contribution in [3.63, 3.8) is 0 Å². The van der Waals surface area contributed by atoms with Crippen LogP contribution in [0.5, 0.6) is 0 Å². The zero-order chi connectivity index (χ0) is 12.0. The predicted octanol–water partition coefficient (Wildman–Crippen LogP) is 0.403. The summed E-state index contributed by atoms with van der Waals surface area (Å²) in [6.45, 7) is 1.79. The first-order valence-electron chi connectivity index (χ1n) is 4.86. The number of hydrogen-bond acceptors (Lipinski definition) is 4. The van der Waals surface area contributed by atoms with Crippen LogP contribution in [-0.4, -0.2) is 11.8 Å². The highest BCUT2D eigenvalue weighted by molar-refractivity contribution is 6.13. The summed E-state index contributed by atoms with van der Waals surface area (Å²) in [6, 6.07) is 3.76. The third-order valence-corrected chi connectivity index (χ3v) is 3.41. The molecule has 0 bridgehead atoms. The molecular weight excluding hydrogens is 206 g/mol. The van der Waals surface area contributed by atoms with E-state index >= 15 is 0 Å². The Bertz CT molecular complexity index is 508. The van der Waals surface area contributed by atoms with E-state index in [2.05, 4.69) is 5.32 Å². The van der Waals surface area contributed by atoms with Crippen LogP contribution in [0.3, 0.4) is 0 Å². The number of nitrogens with zero attached hydrogens (tertiary/aromatic N) is 2. The van der Waals surface area contributed by atoms with Crippen LogP contribution in [0.25, 0.3) is 0 Å².